The first-order chi connectivity index (χ1) is 24.3. The molecule has 1 aromatic heterocycles. The highest BCUT2D eigenvalue weighted by molar-refractivity contribution is 5.89. The van der Waals surface area contributed by atoms with Gasteiger partial charge in [-0.25, -0.2) is 15.0 Å². The molecule has 0 amide bonds. The fourth-order valence-corrected chi connectivity index (χ4v) is 6.97. The first-order valence-corrected chi connectivity index (χ1v) is 16.7. The van der Waals surface area contributed by atoms with Gasteiger partial charge >= 0.3 is 0 Å². The molecule has 0 aliphatic heterocycles. The highest BCUT2D eigenvalue weighted by Gasteiger charge is 2.26. The summed E-state index contributed by atoms with van der Waals surface area (Å²) < 4.78 is 0. The molecule has 0 fully saturated rings. The van der Waals surface area contributed by atoms with Crippen LogP contribution in [0.4, 0.5) is 0 Å². The average Bonchev–Trinajstić information content (AvgIpc) is 3.58. The van der Waals surface area contributed by atoms with Crippen LogP contribution in [0.15, 0.2) is 176 Å². The molecule has 0 saturated heterocycles. The van der Waals surface area contributed by atoms with Crippen molar-refractivity contribution in [1.82, 2.24) is 15.0 Å². The Morgan fingerprint density at radius 1 is 0.260 bits per heavy atom. The third-order valence-corrected chi connectivity index (χ3v) is 9.46. The lowest BCUT2D eigenvalue weighted by molar-refractivity contribution is 1.07. The van der Waals surface area contributed by atoms with Gasteiger partial charge in [0.05, 0.1) is 0 Å². The van der Waals surface area contributed by atoms with Gasteiger partial charge < -0.3 is 0 Å². The summed E-state index contributed by atoms with van der Waals surface area (Å²) in [6, 6.07) is 61.7. The number of fused-ring (bicyclic) bond motifs is 3. The summed E-state index contributed by atoms with van der Waals surface area (Å²) in [4.78, 5) is 15.4. The summed E-state index contributed by atoms with van der Waals surface area (Å²) in [6.07, 6.45) is 0.819. The molecule has 1 heterocycles. The Labute approximate surface area is 293 Å². The molecule has 1 aliphatic carbocycles. The Morgan fingerprint density at radius 2 is 0.600 bits per heavy atom. The smallest absolute Gasteiger partial charge is 0.164 e. The molecule has 7 aromatic carbocycles. The fraction of sp³-hybridized carbons (Fsp3) is 0.0426. The number of hydrogen-bond acceptors (Lipinski definition) is 3. The normalized spacial score (nSPS) is 11.4. The summed E-state index contributed by atoms with van der Waals surface area (Å²) in [5, 5.41) is 0. The minimum absolute atomic E-state index is 0. The molecule has 0 radical (unpaired) electrons. The van der Waals surface area contributed by atoms with Crippen molar-refractivity contribution in [2.75, 3.05) is 0 Å². The van der Waals surface area contributed by atoms with E-state index in [1.54, 1.807) is 0 Å². The van der Waals surface area contributed by atoms with E-state index < -0.39 is 0 Å². The molecule has 50 heavy (non-hydrogen) atoms. The summed E-state index contributed by atoms with van der Waals surface area (Å²) in [5.41, 5.74) is 15.2. The zero-order chi connectivity index (χ0) is 32.6. The van der Waals surface area contributed by atoms with Crippen LogP contribution in [0.2, 0.25) is 0 Å². The predicted molar refractivity (Wildman–Crippen MR) is 207 cm³/mol. The summed E-state index contributed by atoms with van der Waals surface area (Å²) >= 11 is 0. The van der Waals surface area contributed by atoms with Crippen molar-refractivity contribution in [3.8, 4) is 78.7 Å². The van der Waals surface area contributed by atoms with Gasteiger partial charge in [-0.05, 0) is 55.6 Å². The van der Waals surface area contributed by atoms with Crippen LogP contribution >= 0.6 is 0 Å². The third kappa shape index (κ3) is 5.69. The minimum Gasteiger partial charge on any atom is -0.208 e. The second-order valence-electron chi connectivity index (χ2n) is 12.4. The van der Waals surface area contributed by atoms with Gasteiger partial charge in [-0.1, -0.05) is 183 Å². The van der Waals surface area contributed by atoms with Crippen LogP contribution < -0.4 is 0 Å². The van der Waals surface area contributed by atoms with E-state index in [4.69, 9.17) is 15.0 Å². The molecule has 0 atom stereocenters. The van der Waals surface area contributed by atoms with Gasteiger partial charge in [0.1, 0.15) is 0 Å². The summed E-state index contributed by atoms with van der Waals surface area (Å²) in [7, 11) is 0. The lowest BCUT2D eigenvalue weighted by Crippen LogP contribution is -2.02. The highest BCUT2D eigenvalue weighted by atomic mass is 15.0. The summed E-state index contributed by atoms with van der Waals surface area (Å²) in [6.45, 7) is 0. The van der Waals surface area contributed by atoms with Gasteiger partial charge in [-0.15, -0.1) is 0 Å². The van der Waals surface area contributed by atoms with Crippen molar-refractivity contribution < 1.29 is 0 Å². The number of hydrogen-bond donors (Lipinski definition) is 0. The largest absolute Gasteiger partial charge is 0.208 e. The minimum atomic E-state index is 0. The van der Waals surface area contributed by atoms with E-state index in [9.17, 15) is 0 Å². The SMILES string of the molecule is C.c1ccc(-c2ccc(-c3nc(-c4ccc(-c5ccccc5)cc4)nc(-c4cccc5c4Cc4c(-c6ccccc6)cccc4-5)n3)cc2)cc1. The quantitative estimate of drug-likeness (QED) is 0.181. The van der Waals surface area contributed by atoms with Crippen molar-refractivity contribution in [2.45, 2.75) is 13.8 Å². The highest BCUT2D eigenvalue weighted by Crippen LogP contribution is 2.45. The Morgan fingerprint density at radius 3 is 1.08 bits per heavy atom. The fourth-order valence-electron chi connectivity index (χ4n) is 6.97. The first-order valence-electron chi connectivity index (χ1n) is 16.7. The Hall–Kier alpha value is -6.45. The van der Waals surface area contributed by atoms with Crippen molar-refractivity contribution in [2.24, 2.45) is 0 Å². The molecular formula is C47H35N3. The van der Waals surface area contributed by atoms with Crippen LogP contribution in [0, 0.1) is 0 Å². The molecule has 3 nitrogen and oxygen atoms in total. The first kappa shape index (κ1) is 30.9. The van der Waals surface area contributed by atoms with Crippen LogP contribution in [-0.2, 0) is 6.42 Å². The number of benzene rings is 7. The second kappa shape index (κ2) is 13.2. The Balaban J connectivity index is 0.00000361. The van der Waals surface area contributed by atoms with Crippen molar-refractivity contribution in [3.05, 3.63) is 187 Å². The van der Waals surface area contributed by atoms with Crippen LogP contribution in [0.25, 0.3) is 78.7 Å². The summed E-state index contributed by atoms with van der Waals surface area (Å²) in [5.74, 6) is 2.00. The van der Waals surface area contributed by atoms with Gasteiger partial charge in [0.25, 0.3) is 0 Å². The zero-order valence-electron chi connectivity index (χ0n) is 26.8. The zero-order valence-corrected chi connectivity index (χ0v) is 26.8. The lowest BCUT2D eigenvalue weighted by Gasteiger charge is -2.12. The molecule has 1 aliphatic rings. The van der Waals surface area contributed by atoms with Crippen LogP contribution in [-0.4, -0.2) is 15.0 Å². The van der Waals surface area contributed by atoms with E-state index in [-0.39, 0.29) is 7.43 Å². The predicted octanol–water partition coefficient (Wildman–Crippen LogP) is 12.1. The molecule has 0 spiro atoms. The van der Waals surface area contributed by atoms with E-state index in [2.05, 4.69) is 164 Å². The maximum absolute atomic E-state index is 5.17. The molecule has 0 N–H and O–H groups in total. The van der Waals surface area contributed by atoms with Crippen molar-refractivity contribution >= 4 is 0 Å². The van der Waals surface area contributed by atoms with E-state index in [0.717, 1.165) is 34.2 Å². The van der Waals surface area contributed by atoms with Gasteiger partial charge in [0.15, 0.2) is 17.5 Å². The molecular weight excluding hydrogens is 607 g/mol. The number of aromatic nitrogens is 3. The lowest BCUT2D eigenvalue weighted by atomic mass is 9.96. The number of rotatable bonds is 6. The van der Waals surface area contributed by atoms with Crippen LogP contribution in [0.5, 0.6) is 0 Å². The monoisotopic (exact) mass is 641 g/mol. The number of nitrogens with zero attached hydrogens (tertiary/aromatic N) is 3. The molecule has 8 aromatic rings. The van der Waals surface area contributed by atoms with Crippen molar-refractivity contribution in [3.63, 3.8) is 0 Å². The van der Waals surface area contributed by atoms with Gasteiger partial charge in [0.2, 0.25) is 0 Å². The van der Waals surface area contributed by atoms with Crippen LogP contribution in [0.3, 0.4) is 0 Å². The Bertz CT molecular complexity index is 2320. The van der Waals surface area contributed by atoms with Crippen molar-refractivity contribution in [1.29, 1.82) is 0 Å². The van der Waals surface area contributed by atoms with Gasteiger partial charge in [-0.2, -0.15) is 0 Å². The van der Waals surface area contributed by atoms with E-state index in [1.807, 2.05) is 12.1 Å². The van der Waals surface area contributed by atoms with Gasteiger partial charge in [0, 0.05) is 23.1 Å². The molecule has 0 unspecified atom stereocenters. The second-order valence-corrected chi connectivity index (χ2v) is 12.4. The average molecular weight is 642 g/mol. The van der Waals surface area contributed by atoms with Crippen LogP contribution in [0.1, 0.15) is 18.6 Å². The third-order valence-electron chi connectivity index (χ3n) is 9.46. The van der Waals surface area contributed by atoms with E-state index in [1.165, 1.54) is 44.5 Å². The standard InChI is InChI=1S/C46H31N3.CH4/c1-4-12-31(13-5-1)33-22-26-36(27-23-33)44-47-45(37-28-24-34(25-29-37)32-14-6-2-7-15-32)49-46(48-44)41-21-11-20-40-39-19-10-18-38(42(39)30-43(40)41)35-16-8-3-9-17-35;/h1-29H,30H2;1H4. The molecule has 0 bridgehead atoms. The molecule has 238 valence electrons. The molecule has 3 heteroatoms. The van der Waals surface area contributed by atoms with Gasteiger partial charge in [-0.3, -0.25) is 0 Å². The maximum atomic E-state index is 5.17. The topological polar surface area (TPSA) is 38.7 Å². The van der Waals surface area contributed by atoms with E-state index in [0.29, 0.717) is 17.5 Å². The Kier molecular flexibility index (Phi) is 8.16. The molecule has 0 saturated carbocycles. The van der Waals surface area contributed by atoms with E-state index >= 15 is 0 Å². The maximum Gasteiger partial charge on any atom is 0.164 e. The molecule has 9 rings (SSSR count).